The quantitative estimate of drug-likeness (QED) is 0.638. The van der Waals surface area contributed by atoms with Gasteiger partial charge in [0.05, 0.1) is 11.6 Å². The zero-order valence-electron chi connectivity index (χ0n) is 15.9. The molecular weight excluding hydrogens is 356 g/mol. The van der Waals surface area contributed by atoms with Crippen LogP contribution >= 0.6 is 11.3 Å². The molecule has 5 nitrogen and oxygen atoms in total. The summed E-state index contributed by atoms with van der Waals surface area (Å²) in [6, 6.07) is 10.4. The summed E-state index contributed by atoms with van der Waals surface area (Å²) in [7, 11) is 0. The summed E-state index contributed by atoms with van der Waals surface area (Å²) in [5.74, 6) is 1.43. The second-order valence-electron chi connectivity index (χ2n) is 7.01. The Morgan fingerprint density at radius 3 is 2.78 bits per heavy atom. The Hall–Kier alpha value is -2.18. The molecule has 0 saturated heterocycles. The number of nitrogens with one attached hydrogen (secondary N) is 1. The van der Waals surface area contributed by atoms with Crippen LogP contribution in [0.4, 0.5) is 0 Å². The van der Waals surface area contributed by atoms with E-state index in [9.17, 15) is 4.79 Å². The number of hydrogen-bond acceptors (Lipinski definition) is 4. The average Bonchev–Trinajstić information content (AvgIpc) is 3.25. The number of rotatable bonds is 8. The highest BCUT2D eigenvalue weighted by molar-refractivity contribution is 7.10. The van der Waals surface area contributed by atoms with Gasteiger partial charge in [0.25, 0.3) is 5.91 Å². The minimum absolute atomic E-state index is 0.0840. The standard InChI is InChI=1S/C21H26N4OS/c1-3-24(4-2)17(18-9-7-13-27-18)14-22-21(26)19-16-8-5-6-12-25(16)20(23-19)15-10-11-15/h5-9,12-13,15,17H,3-4,10-11,14H2,1-2H3,(H,22,26). The van der Waals surface area contributed by atoms with Gasteiger partial charge >= 0.3 is 0 Å². The first-order chi connectivity index (χ1) is 13.2. The van der Waals surface area contributed by atoms with Crippen LogP contribution in [0.5, 0.6) is 0 Å². The molecule has 1 aliphatic carbocycles. The highest BCUT2D eigenvalue weighted by Gasteiger charge is 2.30. The fourth-order valence-electron chi connectivity index (χ4n) is 3.69. The average molecular weight is 383 g/mol. The van der Waals surface area contributed by atoms with E-state index in [4.69, 9.17) is 4.98 Å². The summed E-state index contributed by atoms with van der Waals surface area (Å²) < 4.78 is 2.08. The fourth-order valence-corrected chi connectivity index (χ4v) is 4.55. The van der Waals surface area contributed by atoms with Crippen molar-refractivity contribution in [3.05, 3.63) is 58.3 Å². The lowest BCUT2D eigenvalue weighted by atomic mass is 10.2. The Morgan fingerprint density at radius 1 is 1.30 bits per heavy atom. The largest absolute Gasteiger partial charge is 0.349 e. The Bertz CT molecular complexity index is 910. The molecule has 1 amide bonds. The van der Waals surface area contributed by atoms with Crippen molar-refractivity contribution >= 4 is 22.8 Å². The van der Waals surface area contributed by atoms with Gasteiger partial charge in [-0.15, -0.1) is 11.3 Å². The molecular formula is C21H26N4OS. The molecule has 1 aliphatic rings. The predicted molar refractivity (Wildman–Crippen MR) is 109 cm³/mol. The third-order valence-electron chi connectivity index (χ3n) is 5.31. The zero-order chi connectivity index (χ0) is 18.8. The molecule has 27 heavy (non-hydrogen) atoms. The first-order valence-corrected chi connectivity index (χ1v) is 10.6. The van der Waals surface area contributed by atoms with Gasteiger partial charge in [0, 0.05) is 23.5 Å². The topological polar surface area (TPSA) is 49.6 Å². The van der Waals surface area contributed by atoms with Crippen LogP contribution in [0, 0.1) is 0 Å². The first kappa shape index (κ1) is 18.2. The molecule has 1 unspecified atom stereocenters. The van der Waals surface area contributed by atoms with Crippen LogP contribution in [0.2, 0.25) is 0 Å². The van der Waals surface area contributed by atoms with Gasteiger partial charge in [0.15, 0.2) is 5.69 Å². The van der Waals surface area contributed by atoms with Gasteiger partial charge in [-0.2, -0.15) is 0 Å². The molecule has 0 aliphatic heterocycles. The van der Waals surface area contributed by atoms with Crippen molar-refractivity contribution in [2.24, 2.45) is 0 Å². The van der Waals surface area contributed by atoms with E-state index in [0.717, 1.165) is 37.3 Å². The summed E-state index contributed by atoms with van der Waals surface area (Å²) in [5, 5.41) is 5.25. The van der Waals surface area contributed by atoms with Crippen LogP contribution in [-0.4, -0.2) is 39.8 Å². The number of carbonyl (C=O) groups excluding carboxylic acids is 1. The van der Waals surface area contributed by atoms with Crippen LogP contribution in [-0.2, 0) is 0 Å². The minimum Gasteiger partial charge on any atom is -0.349 e. The van der Waals surface area contributed by atoms with Crippen molar-refractivity contribution in [2.75, 3.05) is 19.6 Å². The lowest BCUT2D eigenvalue weighted by Gasteiger charge is -2.29. The van der Waals surface area contributed by atoms with E-state index < -0.39 is 0 Å². The van der Waals surface area contributed by atoms with Crippen LogP contribution in [0.3, 0.4) is 0 Å². The van der Waals surface area contributed by atoms with Gasteiger partial charge in [-0.3, -0.25) is 9.69 Å². The number of fused-ring (bicyclic) bond motifs is 1. The number of hydrogen-bond donors (Lipinski definition) is 1. The molecule has 4 rings (SSSR count). The number of amides is 1. The molecule has 3 aromatic heterocycles. The maximum Gasteiger partial charge on any atom is 0.272 e. The number of thiophene rings is 1. The second kappa shape index (κ2) is 7.82. The highest BCUT2D eigenvalue weighted by Crippen LogP contribution is 2.40. The highest BCUT2D eigenvalue weighted by atomic mass is 32.1. The predicted octanol–water partition coefficient (Wildman–Crippen LogP) is 4.09. The van der Waals surface area contributed by atoms with E-state index >= 15 is 0 Å². The first-order valence-electron chi connectivity index (χ1n) is 9.75. The second-order valence-corrected chi connectivity index (χ2v) is 7.99. The molecule has 3 aromatic rings. The van der Waals surface area contributed by atoms with E-state index in [0.29, 0.717) is 18.2 Å². The summed E-state index contributed by atoms with van der Waals surface area (Å²) >= 11 is 1.74. The Balaban J connectivity index is 1.56. The molecule has 0 aromatic carbocycles. The number of pyridine rings is 1. The van der Waals surface area contributed by atoms with Crippen molar-refractivity contribution in [1.29, 1.82) is 0 Å². The Kier molecular flexibility index (Phi) is 5.27. The third kappa shape index (κ3) is 3.64. The van der Waals surface area contributed by atoms with E-state index in [-0.39, 0.29) is 11.9 Å². The van der Waals surface area contributed by atoms with Crippen LogP contribution in [0.25, 0.3) is 5.52 Å². The lowest BCUT2D eigenvalue weighted by molar-refractivity contribution is 0.0932. The molecule has 142 valence electrons. The number of likely N-dealkylation sites (N-methyl/N-ethyl adjacent to an activating group) is 1. The Morgan fingerprint density at radius 2 is 2.11 bits per heavy atom. The summed E-state index contributed by atoms with van der Waals surface area (Å²) in [5.41, 5.74) is 1.44. The number of nitrogens with zero attached hydrogens (tertiary/aromatic N) is 3. The van der Waals surface area contributed by atoms with Crippen LogP contribution in [0.1, 0.15) is 59.8 Å². The molecule has 0 radical (unpaired) electrons. The van der Waals surface area contributed by atoms with Crippen molar-refractivity contribution in [3.63, 3.8) is 0 Å². The molecule has 3 heterocycles. The van der Waals surface area contributed by atoms with Crippen LogP contribution < -0.4 is 5.32 Å². The van der Waals surface area contributed by atoms with E-state index in [1.54, 1.807) is 11.3 Å². The van der Waals surface area contributed by atoms with Crippen molar-refractivity contribution < 1.29 is 4.79 Å². The van der Waals surface area contributed by atoms with Gasteiger partial charge in [0.2, 0.25) is 0 Å². The van der Waals surface area contributed by atoms with E-state index in [1.807, 2.05) is 24.4 Å². The zero-order valence-corrected chi connectivity index (χ0v) is 16.7. The van der Waals surface area contributed by atoms with E-state index in [1.165, 1.54) is 4.88 Å². The van der Waals surface area contributed by atoms with E-state index in [2.05, 4.69) is 46.0 Å². The summed E-state index contributed by atoms with van der Waals surface area (Å²) in [6.45, 7) is 6.82. The number of aromatic nitrogens is 2. The number of carbonyl (C=O) groups is 1. The summed E-state index contributed by atoms with van der Waals surface area (Å²) in [4.78, 5) is 21.4. The summed E-state index contributed by atoms with van der Waals surface area (Å²) in [6.07, 6.45) is 4.34. The monoisotopic (exact) mass is 382 g/mol. The van der Waals surface area contributed by atoms with Gasteiger partial charge in [-0.25, -0.2) is 4.98 Å². The normalized spacial score (nSPS) is 15.4. The molecule has 1 atom stereocenters. The molecule has 0 spiro atoms. The van der Waals surface area contributed by atoms with Gasteiger partial charge in [0.1, 0.15) is 5.82 Å². The molecule has 1 fully saturated rings. The molecule has 1 N–H and O–H groups in total. The van der Waals surface area contributed by atoms with Crippen LogP contribution in [0.15, 0.2) is 41.9 Å². The Labute approximate surface area is 164 Å². The van der Waals surface area contributed by atoms with Crippen molar-refractivity contribution in [3.8, 4) is 0 Å². The minimum atomic E-state index is -0.0840. The maximum absolute atomic E-state index is 13.0. The molecule has 0 bridgehead atoms. The van der Waals surface area contributed by atoms with Crippen molar-refractivity contribution in [1.82, 2.24) is 19.6 Å². The fraction of sp³-hybridized carbons (Fsp3) is 0.429. The third-order valence-corrected chi connectivity index (χ3v) is 6.29. The smallest absolute Gasteiger partial charge is 0.272 e. The van der Waals surface area contributed by atoms with Gasteiger partial charge < -0.3 is 9.72 Å². The van der Waals surface area contributed by atoms with Crippen molar-refractivity contribution in [2.45, 2.75) is 38.6 Å². The number of imidazole rings is 1. The van der Waals surface area contributed by atoms with Gasteiger partial charge in [-0.05, 0) is 49.5 Å². The molecule has 1 saturated carbocycles. The van der Waals surface area contributed by atoms with Gasteiger partial charge in [-0.1, -0.05) is 26.0 Å². The molecule has 6 heteroatoms. The lowest BCUT2D eigenvalue weighted by Crippen LogP contribution is -2.37. The maximum atomic E-state index is 13.0. The SMILES string of the molecule is CCN(CC)C(CNC(=O)c1nc(C2CC2)n2ccccc12)c1cccs1.